The summed E-state index contributed by atoms with van der Waals surface area (Å²) in [6.07, 6.45) is 0. The molecule has 1 aliphatic rings. The number of fused-ring (bicyclic) bond motifs is 1. The first-order valence-electron chi connectivity index (χ1n) is 5.88. The molecule has 1 atom stereocenters. The number of anilines is 2. The first-order chi connectivity index (χ1) is 9.58. The smallest absolute Gasteiger partial charge is 0.251 e. The number of rotatable bonds is 2. The molecule has 0 fully saturated rings. The number of para-hydroxylation sites is 1. The number of hydrogen-bond donors (Lipinski definition) is 2. The summed E-state index contributed by atoms with van der Waals surface area (Å²) in [6.45, 7) is 0. The van der Waals surface area contributed by atoms with E-state index in [-0.39, 0.29) is 11.6 Å². The Hall–Kier alpha value is -2.50. The van der Waals surface area contributed by atoms with E-state index in [0.29, 0.717) is 11.3 Å². The van der Waals surface area contributed by atoms with E-state index in [4.69, 9.17) is 0 Å². The van der Waals surface area contributed by atoms with Crippen molar-refractivity contribution in [3.8, 4) is 0 Å². The Balaban J connectivity index is 1.96. The van der Waals surface area contributed by atoms with Crippen molar-refractivity contribution in [2.45, 2.75) is 6.04 Å². The van der Waals surface area contributed by atoms with E-state index in [1.807, 2.05) is 0 Å². The van der Waals surface area contributed by atoms with Crippen LogP contribution in [0, 0.1) is 17.5 Å². The Morgan fingerprint density at radius 2 is 1.75 bits per heavy atom. The van der Waals surface area contributed by atoms with Gasteiger partial charge >= 0.3 is 0 Å². The second kappa shape index (κ2) is 4.56. The lowest BCUT2D eigenvalue weighted by atomic mass is 10.1. The summed E-state index contributed by atoms with van der Waals surface area (Å²) in [5, 5.41) is 5.21. The van der Waals surface area contributed by atoms with Crippen LogP contribution in [0.2, 0.25) is 0 Å². The summed E-state index contributed by atoms with van der Waals surface area (Å²) < 4.78 is 39.6. The first kappa shape index (κ1) is 12.5. The van der Waals surface area contributed by atoms with Crippen molar-refractivity contribution in [3.05, 3.63) is 59.4 Å². The highest BCUT2D eigenvalue weighted by molar-refractivity contribution is 6.04. The summed E-state index contributed by atoms with van der Waals surface area (Å²) >= 11 is 0. The Morgan fingerprint density at radius 1 is 1.00 bits per heavy atom. The van der Waals surface area contributed by atoms with E-state index < -0.39 is 23.5 Å². The lowest BCUT2D eigenvalue weighted by Crippen LogP contribution is -2.20. The largest absolute Gasteiger partial charge is 0.368 e. The lowest BCUT2D eigenvalue weighted by molar-refractivity contribution is -0.116. The van der Waals surface area contributed by atoms with Crippen molar-refractivity contribution in [2.75, 3.05) is 10.6 Å². The molecule has 0 spiro atoms. The Labute approximate surface area is 112 Å². The molecule has 1 unspecified atom stereocenters. The monoisotopic (exact) mass is 278 g/mol. The number of halogens is 3. The number of amides is 1. The van der Waals surface area contributed by atoms with Crippen molar-refractivity contribution < 1.29 is 18.0 Å². The highest BCUT2D eigenvalue weighted by Crippen LogP contribution is 2.33. The van der Waals surface area contributed by atoms with Gasteiger partial charge in [-0.15, -0.1) is 0 Å². The lowest BCUT2D eigenvalue weighted by Gasteiger charge is -2.14. The fourth-order valence-corrected chi connectivity index (χ4v) is 2.14. The fraction of sp³-hybridized carbons (Fsp3) is 0.0714. The van der Waals surface area contributed by atoms with Gasteiger partial charge in [-0.3, -0.25) is 4.79 Å². The number of nitrogens with one attached hydrogen (secondary N) is 2. The SMILES string of the molecule is O=C1Nc2ccccc2C1Nc1ccc(F)c(F)c1F. The molecule has 3 nitrogen and oxygen atoms in total. The molecule has 0 bridgehead atoms. The molecule has 102 valence electrons. The van der Waals surface area contributed by atoms with Crippen molar-refractivity contribution in [2.24, 2.45) is 0 Å². The van der Waals surface area contributed by atoms with Crippen LogP contribution in [-0.4, -0.2) is 5.91 Å². The zero-order valence-electron chi connectivity index (χ0n) is 10.1. The Kier molecular flexibility index (Phi) is 2.85. The van der Waals surface area contributed by atoms with Gasteiger partial charge in [0.25, 0.3) is 5.91 Å². The van der Waals surface area contributed by atoms with E-state index in [1.54, 1.807) is 24.3 Å². The third-order valence-corrected chi connectivity index (χ3v) is 3.13. The van der Waals surface area contributed by atoms with Crippen LogP contribution in [-0.2, 0) is 4.79 Å². The highest BCUT2D eigenvalue weighted by atomic mass is 19.2. The maximum atomic E-state index is 13.6. The first-order valence-corrected chi connectivity index (χ1v) is 5.88. The van der Waals surface area contributed by atoms with Gasteiger partial charge in [-0.2, -0.15) is 0 Å². The van der Waals surface area contributed by atoms with Gasteiger partial charge in [0.1, 0.15) is 6.04 Å². The van der Waals surface area contributed by atoms with Gasteiger partial charge < -0.3 is 10.6 Å². The zero-order valence-corrected chi connectivity index (χ0v) is 10.1. The van der Waals surface area contributed by atoms with Crippen LogP contribution in [0.5, 0.6) is 0 Å². The van der Waals surface area contributed by atoms with Gasteiger partial charge in [0.2, 0.25) is 0 Å². The standard InChI is InChI=1S/C14H9F3N2O/c15-8-5-6-10(12(17)11(8)16)18-13-7-3-1-2-4-9(7)19-14(13)20/h1-6,13,18H,(H,19,20). The number of hydrogen-bond acceptors (Lipinski definition) is 2. The minimum Gasteiger partial charge on any atom is -0.368 e. The molecule has 1 heterocycles. The van der Waals surface area contributed by atoms with E-state index in [2.05, 4.69) is 10.6 Å². The van der Waals surface area contributed by atoms with Crippen LogP contribution in [0.4, 0.5) is 24.5 Å². The second-order valence-corrected chi connectivity index (χ2v) is 4.38. The minimum atomic E-state index is -1.57. The number of carbonyl (C=O) groups is 1. The average molecular weight is 278 g/mol. The predicted octanol–water partition coefficient (Wildman–Crippen LogP) is 3.21. The Bertz CT molecular complexity index is 703. The fourth-order valence-electron chi connectivity index (χ4n) is 2.14. The third-order valence-electron chi connectivity index (χ3n) is 3.13. The van der Waals surface area contributed by atoms with E-state index >= 15 is 0 Å². The van der Waals surface area contributed by atoms with Crippen molar-refractivity contribution in [1.29, 1.82) is 0 Å². The molecule has 0 saturated heterocycles. The molecule has 20 heavy (non-hydrogen) atoms. The minimum absolute atomic E-state index is 0.263. The molecule has 1 amide bonds. The summed E-state index contributed by atoms with van der Waals surface area (Å²) in [4.78, 5) is 11.8. The van der Waals surface area contributed by atoms with Crippen molar-refractivity contribution in [1.82, 2.24) is 0 Å². The molecular weight excluding hydrogens is 269 g/mol. The van der Waals surface area contributed by atoms with Gasteiger partial charge in [0.05, 0.1) is 5.69 Å². The van der Waals surface area contributed by atoms with Crippen molar-refractivity contribution >= 4 is 17.3 Å². The van der Waals surface area contributed by atoms with Gasteiger partial charge in [0.15, 0.2) is 17.5 Å². The molecule has 0 aliphatic carbocycles. The molecular formula is C14H9F3N2O. The summed E-state index contributed by atoms with van der Waals surface area (Å²) in [7, 11) is 0. The summed E-state index contributed by atoms with van der Waals surface area (Å²) in [5.74, 6) is -4.57. The van der Waals surface area contributed by atoms with Crippen LogP contribution < -0.4 is 10.6 Å². The van der Waals surface area contributed by atoms with E-state index in [1.165, 1.54) is 0 Å². The van der Waals surface area contributed by atoms with E-state index in [9.17, 15) is 18.0 Å². The van der Waals surface area contributed by atoms with Crippen molar-refractivity contribution in [3.63, 3.8) is 0 Å². The van der Waals surface area contributed by atoms with Gasteiger partial charge in [-0.1, -0.05) is 18.2 Å². The zero-order chi connectivity index (χ0) is 14.3. The van der Waals surface area contributed by atoms with Gasteiger partial charge in [-0.05, 0) is 18.2 Å². The van der Waals surface area contributed by atoms with Crippen LogP contribution in [0.1, 0.15) is 11.6 Å². The topological polar surface area (TPSA) is 41.1 Å². The molecule has 0 aromatic heterocycles. The van der Waals surface area contributed by atoms with Crippen LogP contribution in [0.25, 0.3) is 0 Å². The third kappa shape index (κ3) is 1.89. The number of benzene rings is 2. The maximum absolute atomic E-state index is 13.6. The molecule has 3 rings (SSSR count). The summed E-state index contributed by atoms with van der Waals surface area (Å²) in [5.41, 5.74) is 0.973. The normalized spacial score (nSPS) is 16.8. The molecule has 0 radical (unpaired) electrons. The molecule has 6 heteroatoms. The average Bonchev–Trinajstić information content (AvgIpc) is 2.76. The number of carbonyl (C=O) groups excluding carboxylic acids is 1. The predicted molar refractivity (Wildman–Crippen MR) is 67.8 cm³/mol. The maximum Gasteiger partial charge on any atom is 0.251 e. The highest BCUT2D eigenvalue weighted by Gasteiger charge is 2.31. The molecule has 0 saturated carbocycles. The molecule has 1 aliphatic heterocycles. The molecule has 2 aromatic carbocycles. The Morgan fingerprint density at radius 3 is 2.55 bits per heavy atom. The van der Waals surface area contributed by atoms with Gasteiger partial charge in [-0.25, -0.2) is 13.2 Å². The summed E-state index contributed by atoms with van der Waals surface area (Å²) in [6, 6.07) is 7.90. The van der Waals surface area contributed by atoms with Crippen LogP contribution >= 0.6 is 0 Å². The van der Waals surface area contributed by atoms with Crippen LogP contribution in [0.15, 0.2) is 36.4 Å². The quantitative estimate of drug-likeness (QED) is 0.828. The van der Waals surface area contributed by atoms with E-state index in [0.717, 1.165) is 12.1 Å². The molecule has 2 aromatic rings. The second-order valence-electron chi connectivity index (χ2n) is 4.38. The van der Waals surface area contributed by atoms with Gasteiger partial charge in [0, 0.05) is 11.3 Å². The van der Waals surface area contributed by atoms with Crippen LogP contribution in [0.3, 0.4) is 0 Å². The molecule has 2 N–H and O–H groups in total.